The molecule has 0 aliphatic carbocycles. The summed E-state index contributed by atoms with van der Waals surface area (Å²) in [7, 11) is 2.14. The maximum Gasteiger partial charge on any atom is 0.322 e. The fourth-order valence-corrected chi connectivity index (χ4v) is 4.57. The van der Waals surface area contributed by atoms with Crippen LogP contribution in [0, 0.1) is 0 Å². The van der Waals surface area contributed by atoms with Gasteiger partial charge in [-0.25, -0.2) is 4.79 Å². The summed E-state index contributed by atoms with van der Waals surface area (Å²) in [5.74, 6) is 0.948. The van der Waals surface area contributed by atoms with E-state index >= 15 is 0 Å². The number of likely N-dealkylation sites (tertiary alicyclic amines) is 1. The first-order valence-corrected chi connectivity index (χ1v) is 12.0. The summed E-state index contributed by atoms with van der Waals surface area (Å²) in [5.41, 5.74) is 2.95. The number of nitrogens with one attached hydrogen (secondary N) is 1. The molecule has 0 unspecified atom stereocenters. The number of nitrogens with zero attached hydrogens (tertiary/aromatic N) is 5. The van der Waals surface area contributed by atoms with Crippen LogP contribution in [0.1, 0.15) is 17.5 Å². The van der Waals surface area contributed by atoms with Gasteiger partial charge in [-0.05, 0) is 48.5 Å². The van der Waals surface area contributed by atoms with Crippen LogP contribution in [0.15, 0.2) is 42.7 Å². The molecule has 2 fully saturated rings. The summed E-state index contributed by atoms with van der Waals surface area (Å²) >= 11 is 0. The summed E-state index contributed by atoms with van der Waals surface area (Å²) in [4.78, 5) is 37.5. The van der Waals surface area contributed by atoms with E-state index in [0.717, 1.165) is 55.3 Å². The van der Waals surface area contributed by atoms with E-state index in [0.29, 0.717) is 32.6 Å². The van der Waals surface area contributed by atoms with Crippen LogP contribution in [0.25, 0.3) is 0 Å². The number of rotatable bonds is 6. The molecule has 4 heterocycles. The third-order valence-electron chi connectivity index (χ3n) is 6.86. The Balaban J connectivity index is 1.02. The molecule has 0 saturated carbocycles. The van der Waals surface area contributed by atoms with Crippen LogP contribution >= 0.6 is 0 Å². The van der Waals surface area contributed by atoms with Crippen molar-refractivity contribution in [1.82, 2.24) is 24.6 Å². The predicted octanol–water partition coefficient (Wildman–Crippen LogP) is 1.86. The number of pyridine rings is 1. The van der Waals surface area contributed by atoms with Crippen molar-refractivity contribution in [1.29, 1.82) is 0 Å². The van der Waals surface area contributed by atoms with E-state index in [1.54, 1.807) is 11.1 Å². The van der Waals surface area contributed by atoms with Crippen molar-refractivity contribution in [2.45, 2.75) is 25.6 Å². The first kappa shape index (κ1) is 22.6. The number of ether oxygens (including phenoxy) is 1. The van der Waals surface area contributed by atoms with Gasteiger partial charge in [-0.3, -0.25) is 9.78 Å². The van der Waals surface area contributed by atoms with Crippen LogP contribution in [-0.4, -0.2) is 95.5 Å². The highest BCUT2D eigenvalue weighted by Crippen LogP contribution is 2.24. The fraction of sp³-hybridized carbons (Fsp3) is 0.480. The SMILES string of the molecule is CN1CCN(CCC(=O)N2CC(Oc3ccc(NC(=O)N4Cc5ccncc5C4)cc3)C2)CC1. The first-order chi connectivity index (χ1) is 16.5. The molecule has 3 aliphatic heterocycles. The Morgan fingerprint density at radius 2 is 1.74 bits per heavy atom. The molecule has 3 amide bonds. The van der Waals surface area contributed by atoms with E-state index in [1.807, 2.05) is 41.4 Å². The minimum Gasteiger partial charge on any atom is -0.487 e. The molecule has 1 N–H and O–H groups in total. The summed E-state index contributed by atoms with van der Waals surface area (Å²) in [5, 5.41) is 2.94. The third-order valence-corrected chi connectivity index (χ3v) is 6.86. The van der Waals surface area contributed by atoms with Crippen LogP contribution < -0.4 is 10.1 Å². The number of carbonyl (C=O) groups is 2. The molecule has 0 bridgehead atoms. The van der Waals surface area contributed by atoms with E-state index in [9.17, 15) is 9.59 Å². The molecule has 9 heteroatoms. The maximum absolute atomic E-state index is 12.6. The van der Waals surface area contributed by atoms with Crippen molar-refractivity contribution in [3.05, 3.63) is 53.9 Å². The fourth-order valence-electron chi connectivity index (χ4n) is 4.57. The maximum atomic E-state index is 12.6. The minimum atomic E-state index is -0.130. The van der Waals surface area contributed by atoms with Gasteiger partial charge in [0.05, 0.1) is 13.1 Å². The normalized spacial score (nSPS) is 19.0. The van der Waals surface area contributed by atoms with E-state index in [-0.39, 0.29) is 18.0 Å². The van der Waals surface area contributed by atoms with Gasteiger partial charge in [-0.15, -0.1) is 0 Å². The summed E-state index contributed by atoms with van der Waals surface area (Å²) in [6, 6.07) is 9.23. The molecule has 3 aliphatic rings. The van der Waals surface area contributed by atoms with Gasteiger partial charge in [-0.1, -0.05) is 0 Å². The topological polar surface area (TPSA) is 81.2 Å². The quantitative estimate of drug-likeness (QED) is 0.703. The molecule has 2 saturated heterocycles. The molecule has 5 rings (SSSR count). The Kier molecular flexibility index (Phi) is 6.64. The van der Waals surface area contributed by atoms with Crippen LogP contribution in [-0.2, 0) is 17.9 Å². The lowest BCUT2D eigenvalue weighted by molar-refractivity contribution is -0.140. The number of aromatic nitrogens is 1. The number of hydrogen-bond donors (Lipinski definition) is 1. The van der Waals surface area contributed by atoms with Crippen LogP contribution in [0.4, 0.5) is 10.5 Å². The van der Waals surface area contributed by atoms with Gasteiger partial charge in [0.15, 0.2) is 0 Å². The minimum absolute atomic E-state index is 0.0183. The molecular weight excluding hydrogens is 432 g/mol. The zero-order valence-electron chi connectivity index (χ0n) is 19.7. The largest absolute Gasteiger partial charge is 0.487 e. The van der Waals surface area contributed by atoms with Gasteiger partial charge in [0.25, 0.3) is 0 Å². The van der Waals surface area contributed by atoms with E-state index in [2.05, 4.69) is 27.1 Å². The Hall–Kier alpha value is -3.17. The molecule has 1 aromatic heterocycles. The highest BCUT2D eigenvalue weighted by molar-refractivity contribution is 5.89. The number of amides is 3. The average molecular weight is 465 g/mol. The molecule has 2 aromatic rings. The molecule has 0 radical (unpaired) electrons. The van der Waals surface area contributed by atoms with Crippen molar-refractivity contribution in [3.63, 3.8) is 0 Å². The van der Waals surface area contributed by atoms with Crippen molar-refractivity contribution >= 4 is 17.6 Å². The number of benzene rings is 1. The highest BCUT2D eigenvalue weighted by Gasteiger charge is 2.32. The van der Waals surface area contributed by atoms with Gasteiger partial charge in [-0.2, -0.15) is 0 Å². The average Bonchev–Trinajstić information content (AvgIpc) is 3.26. The van der Waals surface area contributed by atoms with Crippen molar-refractivity contribution in [2.75, 3.05) is 58.2 Å². The number of anilines is 1. The molecule has 1 aromatic carbocycles. The monoisotopic (exact) mass is 464 g/mol. The number of fused-ring (bicyclic) bond motifs is 1. The summed E-state index contributed by atoms with van der Waals surface area (Å²) in [6.07, 6.45) is 4.16. The Morgan fingerprint density at radius 1 is 1.00 bits per heavy atom. The second kappa shape index (κ2) is 9.99. The Bertz CT molecular complexity index is 991. The van der Waals surface area contributed by atoms with Gasteiger partial charge in [0.2, 0.25) is 5.91 Å². The highest BCUT2D eigenvalue weighted by atomic mass is 16.5. The van der Waals surface area contributed by atoms with Crippen LogP contribution in [0.3, 0.4) is 0 Å². The lowest BCUT2D eigenvalue weighted by Crippen LogP contribution is -2.56. The zero-order chi connectivity index (χ0) is 23.5. The summed E-state index contributed by atoms with van der Waals surface area (Å²) in [6.45, 7) is 7.47. The van der Waals surface area contributed by atoms with Crippen molar-refractivity contribution < 1.29 is 14.3 Å². The second-order valence-electron chi connectivity index (χ2n) is 9.39. The van der Waals surface area contributed by atoms with Crippen LogP contribution in [0.5, 0.6) is 5.75 Å². The number of carbonyl (C=O) groups excluding carboxylic acids is 2. The van der Waals surface area contributed by atoms with Crippen molar-refractivity contribution in [2.24, 2.45) is 0 Å². The lowest BCUT2D eigenvalue weighted by Gasteiger charge is -2.39. The zero-order valence-corrected chi connectivity index (χ0v) is 19.7. The lowest BCUT2D eigenvalue weighted by atomic mass is 10.1. The molecule has 0 atom stereocenters. The number of hydrogen-bond acceptors (Lipinski definition) is 6. The first-order valence-electron chi connectivity index (χ1n) is 12.0. The molecule has 180 valence electrons. The van der Waals surface area contributed by atoms with E-state index in [1.165, 1.54) is 0 Å². The van der Waals surface area contributed by atoms with E-state index in [4.69, 9.17) is 4.74 Å². The van der Waals surface area contributed by atoms with E-state index < -0.39 is 0 Å². The predicted molar refractivity (Wildman–Crippen MR) is 128 cm³/mol. The summed E-state index contributed by atoms with van der Waals surface area (Å²) < 4.78 is 6.00. The smallest absolute Gasteiger partial charge is 0.322 e. The van der Waals surface area contributed by atoms with Gasteiger partial charge >= 0.3 is 6.03 Å². The van der Waals surface area contributed by atoms with Crippen molar-refractivity contribution in [3.8, 4) is 5.75 Å². The second-order valence-corrected chi connectivity index (χ2v) is 9.39. The van der Waals surface area contributed by atoms with Gasteiger partial charge in [0, 0.05) is 70.3 Å². The Morgan fingerprint density at radius 3 is 2.47 bits per heavy atom. The Labute approximate surface area is 200 Å². The molecular formula is C25H32N6O3. The van der Waals surface area contributed by atoms with Crippen LogP contribution in [0.2, 0.25) is 0 Å². The molecule has 34 heavy (non-hydrogen) atoms. The standard InChI is InChI=1S/C25H32N6O3/c1-28-10-12-29(13-11-28)9-7-24(32)30-17-23(18-30)34-22-4-2-21(3-5-22)27-25(33)31-15-19-6-8-26-14-20(19)16-31/h2-6,8,14,23H,7,9-13,15-18H2,1H3,(H,27,33). The number of urea groups is 1. The molecule has 0 spiro atoms. The number of likely N-dealkylation sites (N-methyl/N-ethyl adjacent to an activating group) is 1. The van der Waals surface area contributed by atoms with Gasteiger partial charge < -0.3 is 29.7 Å². The number of piperazine rings is 1. The third kappa shape index (κ3) is 5.31. The van der Waals surface area contributed by atoms with Gasteiger partial charge in [0.1, 0.15) is 11.9 Å². The molecule has 9 nitrogen and oxygen atoms in total.